The fourth-order valence-corrected chi connectivity index (χ4v) is 3.79. The van der Waals surface area contributed by atoms with Gasteiger partial charge >= 0.3 is 5.69 Å². The van der Waals surface area contributed by atoms with E-state index in [0.717, 1.165) is 17.1 Å². The van der Waals surface area contributed by atoms with Gasteiger partial charge in [0.25, 0.3) is 0 Å². The number of carbonyl (C=O) groups is 1. The number of fused-ring (bicyclic) bond motifs is 1. The maximum Gasteiger partial charge on any atom is 0.312 e. The molecule has 3 aromatic rings. The molecule has 0 N–H and O–H groups in total. The predicted octanol–water partition coefficient (Wildman–Crippen LogP) is 3.43. The normalized spacial score (nSPS) is 12.4. The Balaban J connectivity index is 1.67. The van der Waals surface area contributed by atoms with E-state index in [0.29, 0.717) is 28.5 Å². The van der Waals surface area contributed by atoms with Gasteiger partial charge in [-0.1, -0.05) is 0 Å². The van der Waals surface area contributed by atoms with Crippen LogP contribution in [0, 0.1) is 37.8 Å². The second kappa shape index (κ2) is 6.77. The molecule has 1 aromatic carbocycles. The van der Waals surface area contributed by atoms with Crippen molar-refractivity contribution in [3.8, 4) is 17.2 Å². The molecule has 3 heterocycles. The highest BCUT2D eigenvalue weighted by atomic mass is 16.7. The van der Waals surface area contributed by atoms with Crippen LogP contribution in [-0.4, -0.2) is 31.8 Å². The van der Waals surface area contributed by atoms with Crippen LogP contribution in [0.2, 0.25) is 0 Å². The number of benzene rings is 1. The van der Waals surface area contributed by atoms with Crippen LogP contribution < -0.4 is 9.47 Å². The molecule has 0 radical (unpaired) electrons. The lowest BCUT2D eigenvalue weighted by atomic mass is 10.1. The highest BCUT2D eigenvalue weighted by molar-refractivity contribution is 5.97. The molecule has 9 heteroatoms. The monoisotopic (exact) mass is 396 g/mol. The van der Waals surface area contributed by atoms with Crippen molar-refractivity contribution >= 4 is 11.5 Å². The number of ketones is 1. The number of hydrogen-bond donors (Lipinski definition) is 0. The highest BCUT2D eigenvalue weighted by Crippen LogP contribution is 2.35. The zero-order valence-corrected chi connectivity index (χ0v) is 16.6. The van der Waals surface area contributed by atoms with Gasteiger partial charge in [-0.25, -0.2) is 0 Å². The number of rotatable bonds is 5. The summed E-state index contributed by atoms with van der Waals surface area (Å²) in [5, 5.41) is 15.4. The molecular weight excluding hydrogens is 376 g/mol. The number of carbonyl (C=O) groups excluding carboxylic acids is 1. The largest absolute Gasteiger partial charge is 0.454 e. The summed E-state index contributed by atoms with van der Waals surface area (Å²) >= 11 is 0. The van der Waals surface area contributed by atoms with Gasteiger partial charge in [0, 0.05) is 28.7 Å². The Morgan fingerprint density at radius 3 is 2.55 bits per heavy atom. The summed E-state index contributed by atoms with van der Waals surface area (Å²) < 4.78 is 14.2. The molecule has 0 spiro atoms. The van der Waals surface area contributed by atoms with E-state index in [2.05, 4.69) is 5.10 Å². The van der Waals surface area contributed by atoms with E-state index in [4.69, 9.17) is 9.47 Å². The molecular formula is C20H20N4O5. The van der Waals surface area contributed by atoms with Gasteiger partial charge in [0.15, 0.2) is 17.3 Å². The lowest BCUT2D eigenvalue weighted by Crippen LogP contribution is -2.14. The van der Waals surface area contributed by atoms with Gasteiger partial charge in [-0.05, 0) is 45.9 Å². The molecule has 9 nitrogen and oxygen atoms in total. The van der Waals surface area contributed by atoms with Crippen molar-refractivity contribution in [3.63, 3.8) is 0 Å². The van der Waals surface area contributed by atoms with Crippen molar-refractivity contribution in [2.45, 2.75) is 34.2 Å². The van der Waals surface area contributed by atoms with Crippen LogP contribution in [0.1, 0.15) is 33.1 Å². The third-order valence-electron chi connectivity index (χ3n) is 5.17. The Labute approximate surface area is 166 Å². The third kappa shape index (κ3) is 3.04. The van der Waals surface area contributed by atoms with Gasteiger partial charge in [-0.2, -0.15) is 5.10 Å². The minimum Gasteiger partial charge on any atom is -0.454 e. The van der Waals surface area contributed by atoms with Crippen LogP contribution >= 0.6 is 0 Å². The SMILES string of the molecule is Cc1nn(CC(=O)c2cc(C)n(-c3ccc4c(c3)OCO4)c2C)c(C)c1[N+](=O)[O-]. The lowest BCUT2D eigenvalue weighted by Gasteiger charge is -2.11. The van der Waals surface area contributed by atoms with E-state index in [1.807, 2.05) is 42.7 Å². The Bertz CT molecular complexity index is 1160. The molecule has 29 heavy (non-hydrogen) atoms. The van der Waals surface area contributed by atoms with Gasteiger partial charge in [0.1, 0.15) is 17.9 Å². The topological polar surface area (TPSA) is 101 Å². The van der Waals surface area contributed by atoms with Crippen molar-refractivity contribution in [2.75, 3.05) is 6.79 Å². The van der Waals surface area contributed by atoms with E-state index in [-0.39, 0.29) is 24.8 Å². The molecule has 0 aliphatic carbocycles. The summed E-state index contributed by atoms with van der Waals surface area (Å²) in [6, 6.07) is 7.45. The molecule has 0 unspecified atom stereocenters. The lowest BCUT2D eigenvalue weighted by molar-refractivity contribution is -0.386. The number of aryl methyl sites for hydroxylation is 2. The van der Waals surface area contributed by atoms with Crippen LogP contribution in [0.4, 0.5) is 5.69 Å². The van der Waals surface area contributed by atoms with Crippen LogP contribution in [-0.2, 0) is 6.54 Å². The quantitative estimate of drug-likeness (QED) is 0.372. The first kappa shape index (κ1) is 18.7. The van der Waals surface area contributed by atoms with Crippen molar-refractivity contribution in [3.05, 3.63) is 62.7 Å². The van der Waals surface area contributed by atoms with E-state index in [9.17, 15) is 14.9 Å². The Hall–Kier alpha value is -3.62. The molecule has 0 saturated carbocycles. The van der Waals surface area contributed by atoms with Gasteiger partial charge in [0.05, 0.1) is 4.92 Å². The summed E-state index contributed by atoms with van der Waals surface area (Å²) in [5.41, 5.74) is 3.70. The minimum atomic E-state index is -0.468. The van der Waals surface area contributed by atoms with Crippen molar-refractivity contribution in [1.29, 1.82) is 0 Å². The molecule has 0 saturated heterocycles. The number of ether oxygens (including phenoxy) is 2. The predicted molar refractivity (Wildman–Crippen MR) is 104 cm³/mol. The first-order valence-electron chi connectivity index (χ1n) is 9.08. The Morgan fingerprint density at radius 1 is 1.14 bits per heavy atom. The Morgan fingerprint density at radius 2 is 1.86 bits per heavy atom. The summed E-state index contributed by atoms with van der Waals surface area (Å²) in [6.45, 7) is 7.09. The smallest absolute Gasteiger partial charge is 0.312 e. The maximum atomic E-state index is 13.0. The van der Waals surface area contributed by atoms with Crippen molar-refractivity contribution < 1.29 is 19.2 Å². The van der Waals surface area contributed by atoms with E-state index >= 15 is 0 Å². The van der Waals surface area contributed by atoms with E-state index in [1.165, 1.54) is 4.68 Å². The summed E-state index contributed by atoms with van der Waals surface area (Å²) in [6.07, 6.45) is 0. The molecule has 0 atom stereocenters. The van der Waals surface area contributed by atoms with Crippen molar-refractivity contribution in [2.24, 2.45) is 0 Å². The summed E-state index contributed by atoms with van der Waals surface area (Å²) in [5.74, 6) is 1.20. The molecule has 2 aromatic heterocycles. The molecule has 1 aliphatic heterocycles. The van der Waals surface area contributed by atoms with E-state index < -0.39 is 4.92 Å². The van der Waals surface area contributed by atoms with E-state index in [1.54, 1.807) is 13.8 Å². The van der Waals surface area contributed by atoms with Gasteiger partial charge in [-0.3, -0.25) is 19.6 Å². The number of hydrogen-bond acceptors (Lipinski definition) is 6. The minimum absolute atomic E-state index is 0.0522. The van der Waals surface area contributed by atoms with Crippen molar-refractivity contribution in [1.82, 2.24) is 14.3 Å². The number of nitro groups is 1. The third-order valence-corrected chi connectivity index (χ3v) is 5.17. The first-order chi connectivity index (χ1) is 13.8. The van der Waals surface area contributed by atoms with Gasteiger partial charge in [0.2, 0.25) is 6.79 Å². The molecule has 0 amide bonds. The van der Waals surface area contributed by atoms with Crippen LogP contribution in [0.15, 0.2) is 24.3 Å². The zero-order valence-electron chi connectivity index (χ0n) is 16.6. The van der Waals surface area contributed by atoms with Gasteiger partial charge < -0.3 is 14.0 Å². The fourth-order valence-electron chi connectivity index (χ4n) is 3.79. The fraction of sp³-hybridized carbons (Fsp3) is 0.300. The average Bonchev–Trinajstić information content (AvgIpc) is 3.31. The summed E-state index contributed by atoms with van der Waals surface area (Å²) in [4.78, 5) is 23.7. The maximum absolute atomic E-state index is 13.0. The number of nitrogens with zero attached hydrogens (tertiary/aromatic N) is 4. The first-order valence-corrected chi connectivity index (χ1v) is 9.08. The van der Waals surface area contributed by atoms with Crippen LogP contribution in [0.5, 0.6) is 11.5 Å². The molecule has 4 rings (SSSR count). The Kier molecular flexibility index (Phi) is 4.37. The molecule has 150 valence electrons. The van der Waals surface area contributed by atoms with Gasteiger partial charge in [-0.15, -0.1) is 0 Å². The number of Topliss-reactive ketones (excluding diaryl/α,β-unsaturated/α-hetero) is 1. The summed E-state index contributed by atoms with van der Waals surface area (Å²) in [7, 11) is 0. The standard InChI is InChI=1S/C20H20N4O5/c1-11-7-16(17(25)9-22-14(4)20(24(26)27)12(2)21-22)13(3)23(11)15-5-6-18-19(8-15)29-10-28-18/h5-8H,9-10H2,1-4H3. The molecule has 1 aliphatic rings. The molecule has 0 fully saturated rings. The second-order valence-electron chi connectivity index (χ2n) is 7.02. The second-order valence-corrected chi connectivity index (χ2v) is 7.02. The van der Waals surface area contributed by atoms with Crippen LogP contribution in [0.25, 0.3) is 5.69 Å². The molecule has 0 bridgehead atoms. The average molecular weight is 396 g/mol. The zero-order chi connectivity index (χ0) is 20.9. The number of aromatic nitrogens is 3. The van der Waals surface area contributed by atoms with Crippen LogP contribution in [0.3, 0.4) is 0 Å². The highest BCUT2D eigenvalue weighted by Gasteiger charge is 2.25.